The standard InChI is InChI=1S/C20H17F7N6O3S/c21-11-1-4-13(14(22)5-11)15(8-33(9-20(25,26)27)37(34,35)12-2-3-12)30-19-28-6-10(7-29-19)17-31-32-18(36-17)16(23)24/h1,4-7,12,15-16H,2-3,8-9H2,(H,28,29,30). The van der Waals surface area contributed by atoms with Crippen molar-refractivity contribution in [2.75, 3.05) is 18.4 Å². The summed E-state index contributed by atoms with van der Waals surface area (Å²) >= 11 is 0. The lowest BCUT2D eigenvalue weighted by molar-refractivity contribution is -0.136. The van der Waals surface area contributed by atoms with Crippen molar-refractivity contribution >= 4 is 16.0 Å². The number of nitrogens with zero attached hydrogens (tertiary/aromatic N) is 5. The third kappa shape index (κ3) is 6.51. The Kier molecular flexibility index (Phi) is 7.36. The minimum absolute atomic E-state index is 0.0180. The number of nitrogens with one attached hydrogen (secondary N) is 1. The molecule has 0 aliphatic heterocycles. The molecule has 0 bridgehead atoms. The summed E-state index contributed by atoms with van der Waals surface area (Å²) in [7, 11) is -4.38. The van der Waals surface area contributed by atoms with Gasteiger partial charge in [-0.25, -0.2) is 27.2 Å². The average Bonchev–Trinajstić information content (AvgIpc) is 3.55. The largest absolute Gasteiger partial charge is 0.415 e. The number of halogens is 7. The van der Waals surface area contributed by atoms with Crippen LogP contribution in [0.2, 0.25) is 0 Å². The molecule has 200 valence electrons. The number of aromatic nitrogens is 4. The zero-order valence-corrected chi connectivity index (χ0v) is 19.3. The van der Waals surface area contributed by atoms with Gasteiger partial charge in [-0.1, -0.05) is 6.07 Å². The van der Waals surface area contributed by atoms with Crippen LogP contribution in [0.15, 0.2) is 35.0 Å². The Bertz CT molecular complexity index is 1350. The van der Waals surface area contributed by atoms with Gasteiger partial charge in [0.1, 0.15) is 18.2 Å². The van der Waals surface area contributed by atoms with Crippen LogP contribution in [-0.4, -0.2) is 57.4 Å². The van der Waals surface area contributed by atoms with Gasteiger partial charge in [-0.05, 0) is 18.9 Å². The highest BCUT2D eigenvalue weighted by molar-refractivity contribution is 7.90. The van der Waals surface area contributed by atoms with E-state index < -0.39 is 64.5 Å². The van der Waals surface area contributed by atoms with Crippen molar-refractivity contribution in [3.63, 3.8) is 0 Å². The second-order valence-electron chi connectivity index (χ2n) is 8.06. The summed E-state index contributed by atoms with van der Waals surface area (Å²) in [6.07, 6.45) is -5.41. The zero-order chi connectivity index (χ0) is 27.0. The van der Waals surface area contributed by atoms with Crippen LogP contribution < -0.4 is 5.32 Å². The molecule has 1 aliphatic carbocycles. The SMILES string of the molecule is O=S(=O)(C1CC1)N(CC(Nc1ncc(-c2nnc(C(F)F)o2)cn1)c1ccc(F)cc1F)CC(F)(F)F. The van der Waals surface area contributed by atoms with Crippen LogP contribution in [0.25, 0.3) is 11.5 Å². The van der Waals surface area contributed by atoms with Crippen LogP contribution in [0, 0.1) is 11.6 Å². The van der Waals surface area contributed by atoms with Gasteiger partial charge < -0.3 is 9.73 Å². The molecule has 2 aromatic heterocycles. The molecule has 1 N–H and O–H groups in total. The van der Waals surface area contributed by atoms with Gasteiger partial charge in [-0.3, -0.25) is 0 Å². The van der Waals surface area contributed by atoms with Crippen molar-refractivity contribution in [2.45, 2.75) is 36.7 Å². The van der Waals surface area contributed by atoms with E-state index in [0.717, 1.165) is 24.5 Å². The normalized spacial score (nSPS) is 15.4. The number of sulfonamides is 1. The molecule has 2 heterocycles. The number of hydrogen-bond acceptors (Lipinski definition) is 8. The highest BCUT2D eigenvalue weighted by Gasteiger charge is 2.45. The summed E-state index contributed by atoms with van der Waals surface area (Å²) in [5, 5.41) is 8.16. The lowest BCUT2D eigenvalue weighted by atomic mass is 10.1. The van der Waals surface area contributed by atoms with E-state index >= 15 is 0 Å². The molecule has 0 spiro atoms. The number of rotatable bonds is 10. The number of benzene rings is 1. The van der Waals surface area contributed by atoms with Crippen molar-refractivity contribution in [3.05, 3.63) is 53.7 Å². The van der Waals surface area contributed by atoms with Gasteiger partial charge >= 0.3 is 12.6 Å². The maximum atomic E-state index is 14.6. The lowest BCUT2D eigenvalue weighted by Crippen LogP contribution is -2.44. The summed E-state index contributed by atoms with van der Waals surface area (Å²) < 4.78 is 124. The quantitative estimate of drug-likeness (QED) is 0.370. The number of hydrogen-bond donors (Lipinski definition) is 1. The summed E-state index contributed by atoms with van der Waals surface area (Å²) in [6, 6.07) is 0.831. The molecular weight excluding hydrogens is 537 g/mol. The van der Waals surface area contributed by atoms with Gasteiger partial charge in [0.05, 0.1) is 16.9 Å². The Morgan fingerprint density at radius 1 is 1.11 bits per heavy atom. The van der Waals surface area contributed by atoms with Crippen molar-refractivity contribution < 1.29 is 43.6 Å². The van der Waals surface area contributed by atoms with E-state index in [9.17, 15) is 39.2 Å². The van der Waals surface area contributed by atoms with Crippen LogP contribution in [0.4, 0.5) is 36.7 Å². The highest BCUT2D eigenvalue weighted by atomic mass is 32.2. The number of alkyl halides is 5. The van der Waals surface area contributed by atoms with Crippen molar-refractivity contribution in [2.24, 2.45) is 0 Å². The van der Waals surface area contributed by atoms with Gasteiger partial charge in [0, 0.05) is 30.6 Å². The molecule has 1 unspecified atom stereocenters. The molecule has 37 heavy (non-hydrogen) atoms. The molecular formula is C20H17F7N6O3S. The van der Waals surface area contributed by atoms with E-state index in [1.54, 1.807) is 0 Å². The van der Waals surface area contributed by atoms with Crippen molar-refractivity contribution in [1.29, 1.82) is 0 Å². The topological polar surface area (TPSA) is 114 Å². The van der Waals surface area contributed by atoms with Crippen molar-refractivity contribution in [3.8, 4) is 11.5 Å². The first kappa shape index (κ1) is 26.7. The highest BCUT2D eigenvalue weighted by Crippen LogP contribution is 2.34. The van der Waals surface area contributed by atoms with Crippen LogP contribution in [0.5, 0.6) is 0 Å². The average molecular weight is 554 g/mol. The fourth-order valence-corrected chi connectivity index (χ4v) is 5.19. The van der Waals surface area contributed by atoms with E-state index in [-0.39, 0.29) is 40.1 Å². The molecule has 0 saturated heterocycles. The van der Waals surface area contributed by atoms with Crippen LogP contribution in [-0.2, 0) is 10.0 Å². The zero-order valence-electron chi connectivity index (χ0n) is 18.5. The van der Waals surface area contributed by atoms with Gasteiger partial charge in [0.2, 0.25) is 16.0 Å². The summed E-state index contributed by atoms with van der Waals surface area (Å²) in [5.41, 5.74) is -0.324. The van der Waals surface area contributed by atoms with E-state index in [2.05, 4.69) is 25.5 Å². The predicted octanol–water partition coefficient (Wildman–Crippen LogP) is 4.25. The monoisotopic (exact) mass is 554 g/mol. The second kappa shape index (κ2) is 10.2. The first-order chi connectivity index (χ1) is 17.3. The van der Waals surface area contributed by atoms with Gasteiger partial charge in [-0.15, -0.1) is 10.2 Å². The van der Waals surface area contributed by atoms with Gasteiger partial charge in [0.25, 0.3) is 11.8 Å². The lowest BCUT2D eigenvalue weighted by Gasteiger charge is -2.29. The maximum absolute atomic E-state index is 14.6. The molecule has 3 aromatic rings. The summed E-state index contributed by atoms with van der Waals surface area (Å²) in [5.74, 6) is -3.67. The Labute approximate surface area is 204 Å². The summed E-state index contributed by atoms with van der Waals surface area (Å²) in [4.78, 5) is 7.78. The Hall–Kier alpha value is -3.34. The number of anilines is 1. The molecule has 0 radical (unpaired) electrons. The molecule has 1 saturated carbocycles. The minimum Gasteiger partial charge on any atom is -0.415 e. The Balaban J connectivity index is 1.64. The van der Waals surface area contributed by atoms with Gasteiger partial charge in [-0.2, -0.15) is 26.3 Å². The fraction of sp³-hybridized carbons (Fsp3) is 0.400. The molecule has 9 nitrogen and oxygen atoms in total. The first-order valence-corrected chi connectivity index (χ1v) is 12.0. The maximum Gasteiger partial charge on any atom is 0.402 e. The molecule has 1 aromatic carbocycles. The molecule has 17 heteroatoms. The van der Waals surface area contributed by atoms with E-state index in [0.29, 0.717) is 6.07 Å². The van der Waals surface area contributed by atoms with Gasteiger partial charge in [0.15, 0.2) is 0 Å². The molecule has 1 aliphatic rings. The van der Waals surface area contributed by atoms with Crippen molar-refractivity contribution in [1.82, 2.24) is 24.5 Å². The van der Waals surface area contributed by atoms with Crippen LogP contribution in [0.1, 0.15) is 36.8 Å². The predicted molar refractivity (Wildman–Crippen MR) is 113 cm³/mol. The first-order valence-electron chi connectivity index (χ1n) is 10.5. The Morgan fingerprint density at radius 2 is 1.78 bits per heavy atom. The molecule has 0 amide bonds. The third-order valence-electron chi connectivity index (χ3n) is 5.21. The molecule has 1 fully saturated rings. The van der Waals surface area contributed by atoms with E-state index in [1.807, 2.05) is 0 Å². The van der Waals surface area contributed by atoms with E-state index in [4.69, 9.17) is 4.42 Å². The summed E-state index contributed by atoms with van der Waals surface area (Å²) in [6.45, 7) is -2.70. The van der Waals surface area contributed by atoms with Crippen LogP contribution in [0.3, 0.4) is 0 Å². The molecule has 4 rings (SSSR count). The smallest absolute Gasteiger partial charge is 0.402 e. The Morgan fingerprint density at radius 3 is 2.32 bits per heavy atom. The molecule has 1 atom stereocenters. The fourth-order valence-electron chi connectivity index (χ4n) is 3.35. The van der Waals surface area contributed by atoms with E-state index in [1.165, 1.54) is 0 Å². The third-order valence-corrected chi connectivity index (χ3v) is 7.53. The minimum atomic E-state index is -4.90. The second-order valence-corrected chi connectivity index (χ2v) is 10.3. The van der Waals surface area contributed by atoms with Crippen LogP contribution >= 0.6 is 0 Å².